The van der Waals surface area contributed by atoms with E-state index >= 15 is 0 Å². The molecule has 0 aliphatic carbocycles. The first-order valence-corrected chi connectivity index (χ1v) is 6.47. The van der Waals surface area contributed by atoms with Gasteiger partial charge in [0.15, 0.2) is 5.89 Å². The van der Waals surface area contributed by atoms with Gasteiger partial charge in [0.05, 0.1) is 6.20 Å². The number of rotatable bonds is 6. The van der Waals surface area contributed by atoms with Crippen molar-refractivity contribution in [2.45, 2.75) is 32.6 Å². The summed E-state index contributed by atoms with van der Waals surface area (Å²) in [5, 5.41) is 0. The predicted molar refractivity (Wildman–Crippen MR) is 72.5 cm³/mol. The number of hydrogen-bond acceptors (Lipinski definition) is 3. The molecule has 1 heterocycles. The third kappa shape index (κ3) is 3.70. The summed E-state index contributed by atoms with van der Waals surface area (Å²) < 4.78 is 5.67. The van der Waals surface area contributed by atoms with Gasteiger partial charge in [-0.3, -0.25) is 0 Å². The van der Waals surface area contributed by atoms with Crippen LogP contribution in [-0.2, 0) is 19.3 Å². The van der Waals surface area contributed by atoms with Crippen molar-refractivity contribution in [3.63, 3.8) is 0 Å². The molecule has 0 fully saturated rings. The summed E-state index contributed by atoms with van der Waals surface area (Å²) in [6.07, 6.45) is 5.49. The van der Waals surface area contributed by atoms with E-state index in [9.17, 15) is 0 Å². The van der Waals surface area contributed by atoms with Crippen LogP contribution in [0.15, 0.2) is 34.9 Å². The van der Waals surface area contributed by atoms with E-state index in [-0.39, 0.29) is 0 Å². The van der Waals surface area contributed by atoms with Gasteiger partial charge in [0.2, 0.25) is 0 Å². The van der Waals surface area contributed by atoms with Crippen molar-refractivity contribution in [2.75, 3.05) is 6.54 Å². The molecule has 3 nitrogen and oxygen atoms in total. The van der Waals surface area contributed by atoms with Crippen LogP contribution in [0.25, 0.3) is 0 Å². The molecular formula is C15H20N2O. The topological polar surface area (TPSA) is 52.0 Å². The van der Waals surface area contributed by atoms with Gasteiger partial charge in [-0.25, -0.2) is 4.98 Å². The van der Waals surface area contributed by atoms with Crippen LogP contribution < -0.4 is 5.73 Å². The van der Waals surface area contributed by atoms with E-state index < -0.39 is 0 Å². The molecule has 1 aromatic heterocycles. The zero-order valence-electron chi connectivity index (χ0n) is 10.9. The van der Waals surface area contributed by atoms with E-state index in [1.807, 2.05) is 6.20 Å². The van der Waals surface area contributed by atoms with Gasteiger partial charge >= 0.3 is 0 Å². The standard InChI is InChI=1S/C15H20N2O/c1-12-4-2-5-13(10-12)7-8-14-11-17-15(18-14)6-3-9-16/h2,4-5,10-11H,3,6-9,16H2,1H3. The van der Waals surface area contributed by atoms with Crippen molar-refractivity contribution in [3.05, 3.63) is 53.2 Å². The van der Waals surface area contributed by atoms with E-state index in [0.717, 1.165) is 37.3 Å². The lowest BCUT2D eigenvalue weighted by atomic mass is 10.1. The SMILES string of the molecule is Cc1cccc(CCc2cnc(CCCN)o2)c1. The molecule has 2 aromatic rings. The van der Waals surface area contributed by atoms with E-state index in [4.69, 9.17) is 10.2 Å². The molecule has 0 aliphatic rings. The molecule has 0 spiro atoms. The average Bonchev–Trinajstić information content (AvgIpc) is 2.82. The number of nitrogens with two attached hydrogens (primary N) is 1. The average molecular weight is 244 g/mol. The smallest absolute Gasteiger partial charge is 0.194 e. The Bertz CT molecular complexity index is 491. The first kappa shape index (κ1) is 12.8. The second kappa shape index (κ2) is 6.36. The minimum absolute atomic E-state index is 0.682. The lowest BCUT2D eigenvalue weighted by Crippen LogP contribution is -2.00. The Balaban J connectivity index is 1.88. The summed E-state index contributed by atoms with van der Waals surface area (Å²) >= 11 is 0. The van der Waals surface area contributed by atoms with Crippen molar-refractivity contribution < 1.29 is 4.42 Å². The van der Waals surface area contributed by atoms with Crippen LogP contribution in [0.5, 0.6) is 0 Å². The first-order chi connectivity index (χ1) is 8.78. The largest absolute Gasteiger partial charge is 0.446 e. The monoisotopic (exact) mass is 244 g/mol. The van der Waals surface area contributed by atoms with E-state index in [2.05, 4.69) is 36.2 Å². The molecule has 96 valence electrons. The summed E-state index contributed by atoms with van der Waals surface area (Å²) in [5.41, 5.74) is 8.10. The number of benzene rings is 1. The molecule has 2 N–H and O–H groups in total. The molecular weight excluding hydrogens is 224 g/mol. The second-order valence-corrected chi connectivity index (χ2v) is 4.60. The van der Waals surface area contributed by atoms with Crippen LogP contribution in [0.1, 0.15) is 29.2 Å². The first-order valence-electron chi connectivity index (χ1n) is 6.47. The summed E-state index contributed by atoms with van der Waals surface area (Å²) in [5.74, 6) is 1.77. The highest BCUT2D eigenvalue weighted by atomic mass is 16.4. The quantitative estimate of drug-likeness (QED) is 0.850. The minimum atomic E-state index is 0.682. The normalized spacial score (nSPS) is 10.8. The van der Waals surface area contributed by atoms with Crippen molar-refractivity contribution in [1.82, 2.24) is 4.98 Å². The van der Waals surface area contributed by atoms with Gasteiger partial charge in [0.25, 0.3) is 0 Å². The molecule has 0 radical (unpaired) electrons. The van der Waals surface area contributed by atoms with Gasteiger partial charge in [-0.1, -0.05) is 29.8 Å². The van der Waals surface area contributed by atoms with Gasteiger partial charge in [0, 0.05) is 12.8 Å². The Morgan fingerprint density at radius 2 is 2.11 bits per heavy atom. The van der Waals surface area contributed by atoms with Crippen LogP contribution in [-0.4, -0.2) is 11.5 Å². The number of aryl methyl sites for hydroxylation is 4. The number of nitrogens with zero attached hydrogens (tertiary/aromatic N) is 1. The lowest BCUT2D eigenvalue weighted by Gasteiger charge is -2.00. The molecule has 0 atom stereocenters. The van der Waals surface area contributed by atoms with Crippen molar-refractivity contribution in [2.24, 2.45) is 5.73 Å². The maximum absolute atomic E-state index is 5.67. The third-order valence-electron chi connectivity index (χ3n) is 2.94. The molecule has 0 saturated carbocycles. The van der Waals surface area contributed by atoms with Crippen molar-refractivity contribution in [3.8, 4) is 0 Å². The van der Waals surface area contributed by atoms with Crippen LogP contribution >= 0.6 is 0 Å². The van der Waals surface area contributed by atoms with Crippen molar-refractivity contribution in [1.29, 1.82) is 0 Å². The zero-order chi connectivity index (χ0) is 12.8. The summed E-state index contributed by atoms with van der Waals surface area (Å²) in [6, 6.07) is 8.57. The highest BCUT2D eigenvalue weighted by Gasteiger charge is 2.04. The van der Waals surface area contributed by atoms with Crippen LogP contribution in [0.3, 0.4) is 0 Å². The van der Waals surface area contributed by atoms with Gasteiger partial charge in [-0.2, -0.15) is 0 Å². The molecule has 0 saturated heterocycles. The molecule has 0 bridgehead atoms. The number of hydrogen-bond donors (Lipinski definition) is 1. The molecule has 0 amide bonds. The maximum atomic E-state index is 5.67. The Hall–Kier alpha value is -1.61. The van der Waals surface area contributed by atoms with E-state index in [0.29, 0.717) is 6.54 Å². The van der Waals surface area contributed by atoms with Crippen LogP contribution in [0.2, 0.25) is 0 Å². The summed E-state index contributed by atoms with van der Waals surface area (Å²) in [4.78, 5) is 4.26. The molecule has 2 rings (SSSR count). The fourth-order valence-electron chi connectivity index (χ4n) is 1.97. The lowest BCUT2D eigenvalue weighted by molar-refractivity contribution is 0.449. The third-order valence-corrected chi connectivity index (χ3v) is 2.94. The minimum Gasteiger partial charge on any atom is -0.446 e. The van der Waals surface area contributed by atoms with Gasteiger partial charge in [-0.15, -0.1) is 0 Å². The predicted octanol–water partition coefficient (Wildman–Crippen LogP) is 2.66. The number of aromatic nitrogens is 1. The van der Waals surface area contributed by atoms with Gasteiger partial charge in [0.1, 0.15) is 5.76 Å². The molecule has 1 aromatic carbocycles. The summed E-state index contributed by atoms with van der Waals surface area (Å²) in [7, 11) is 0. The highest BCUT2D eigenvalue weighted by molar-refractivity contribution is 5.22. The Kier molecular flexibility index (Phi) is 4.53. The Morgan fingerprint density at radius 1 is 1.22 bits per heavy atom. The molecule has 0 unspecified atom stereocenters. The van der Waals surface area contributed by atoms with E-state index in [1.165, 1.54) is 11.1 Å². The fraction of sp³-hybridized carbons (Fsp3) is 0.400. The highest BCUT2D eigenvalue weighted by Crippen LogP contribution is 2.11. The van der Waals surface area contributed by atoms with E-state index in [1.54, 1.807) is 0 Å². The second-order valence-electron chi connectivity index (χ2n) is 4.60. The molecule has 18 heavy (non-hydrogen) atoms. The van der Waals surface area contributed by atoms with Crippen LogP contribution in [0, 0.1) is 6.92 Å². The molecule has 0 aliphatic heterocycles. The fourth-order valence-corrected chi connectivity index (χ4v) is 1.97. The van der Waals surface area contributed by atoms with Crippen LogP contribution in [0.4, 0.5) is 0 Å². The van der Waals surface area contributed by atoms with Gasteiger partial charge < -0.3 is 10.2 Å². The van der Waals surface area contributed by atoms with Crippen molar-refractivity contribution >= 4 is 0 Å². The summed E-state index contributed by atoms with van der Waals surface area (Å²) in [6.45, 7) is 2.80. The Labute approximate surface area is 108 Å². The zero-order valence-corrected chi connectivity index (χ0v) is 10.9. The maximum Gasteiger partial charge on any atom is 0.194 e. The Morgan fingerprint density at radius 3 is 2.89 bits per heavy atom. The number of oxazole rings is 1. The van der Waals surface area contributed by atoms with Gasteiger partial charge in [-0.05, 0) is 31.9 Å². The molecule has 3 heteroatoms.